The van der Waals surface area contributed by atoms with Crippen LogP contribution in [0.2, 0.25) is 0 Å². The summed E-state index contributed by atoms with van der Waals surface area (Å²) in [5.41, 5.74) is 1.43. The maximum atomic E-state index is 2.31. The van der Waals surface area contributed by atoms with Crippen molar-refractivity contribution in [2.75, 3.05) is 0 Å². The Morgan fingerprint density at radius 3 is 2.36 bits per heavy atom. The minimum absolute atomic E-state index is 1.17. The fourth-order valence-electron chi connectivity index (χ4n) is 0.911. The fraction of sp³-hybridized carbons (Fsp3) is 0.636. The number of allylic oxidation sites excluding steroid dienone is 4. The first kappa shape index (κ1) is 10.5. The molecule has 0 rings (SSSR count). The van der Waals surface area contributed by atoms with E-state index in [9.17, 15) is 0 Å². The van der Waals surface area contributed by atoms with Crippen molar-refractivity contribution in [3.8, 4) is 0 Å². The standard InChI is InChI=1S/C11H20/c1-4-5-6-7-8-9-10-11(2)3/h5-6,10H,4,7-9H2,1-3H3/b6-5-. The van der Waals surface area contributed by atoms with Gasteiger partial charge in [-0.3, -0.25) is 0 Å². The van der Waals surface area contributed by atoms with Gasteiger partial charge in [-0.05, 0) is 39.5 Å². The molecule has 0 unspecified atom stereocenters. The molecule has 0 aromatic carbocycles. The molecule has 0 aromatic heterocycles. The minimum Gasteiger partial charge on any atom is -0.0888 e. The second-order valence-electron chi connectivity index (χ2n) is 3.09. The molecule has 11 heavy (non-hydrogen) atoms. The van der Waals surface area contributed by atoms with Gasteiger partial charge in [0.15, 0.2) is 0 Å². The number of hydrogen-bond donors (Lipinski definition) is 0. The van der Waals surface area contributed by atoms with E-state index in [2.05, 4.69) is 39.0 Å². The van der Waals surface area contributed by atoms with Gasteiger partial charge in [0.25, 0.3) is 0 Å². The molecule has 0 saturated heterocycles. The maximum Gasteiger partial charge on any atom is -0.0345 e. The quantitative estimate of drug-likeness (QED) is 0.411. The Balaban J connectivity index is 3.15. The lowest BCUT2D eigenvalue weighted by molar-refractivity contribution is 0.859. The van der Waals surface area contributed by atoms with Gasteiger partial charge >= 0.3 is 0 Å². The zero-order chi connectivity index (χ0) is 8.53. The fourth-order valence-corrected chi connectivity index (χ4v) is 0.911. The van der Waals surface area contributed by atoms with Gasteiger partial charge in [0.1, 0.15) is 0 Å². The molecule has 0 nitrogen and oxygen atoms in total. The third kappa shape index (κ3) is 9.48. The van der Waals surface area contributed by atoms with Crippen LogP contribution in [-0.2, 0) is 0 Å². The summed E-state index contributed by atoms with van der Waals surface area (Å²) in [7, 11) is 0. The van der Waals surface area contributed by atoms with Gasteiger partial charge < -0.3 is 0 Å². The Hall–Kier alpha value is -0.520. The molecule has 0 aliphatic carbocycles. The van der Waals surface area contributed by atoms with Gasteiger partial charge in [0.05, 0.1) is 0 Å². The van der Waals surface area contributed by atoms with Crippen molar-refractivity contribution in [3.05, 3.63) is 23.8 Å². The van der Waals surface area contributed by atoms with Gasteiger partial charge in [-0.15, -0.1) is 0 Å². The maximum absolute atomic E-state index is 2.31. The molecule has 0 heteroatoms. The summed E-state index contributed by atoms with van der Waals surface area (Å²) >= 11 is 0. The van der Waals surface area contributed by atoms with Gasteiger partial charge in [0, 0.05) is 0 Å². The zero-order valence-corrected chi connectivity index (χ0v) is 8.06. The zero-order valence-electron chi connectivity index (χ0n) is 8.06. The van der Waals surface area contributed by atoms with Crippen LogP contribution in [0.15, 0.2) is 23.8 Å². The van der Waals surface area contributed by atoms with E-state index in [1.165, 1.54) is 31.3 Å². The first-order chi connectivity index (χ1) is 5.27. The SMILES string of the molecule is CC/C=C\CCCC=C(C)C. The van der Waals surface area contributed by atoms with Crippen LogP contribution in [0.5, 0.6) is 0 Å². The molecule has 0 radical (unpaired) electrons. The molecule has 64 valence electrons. The highest BCUT2D eigenvalue weighted by Crippen LogP contribution is 2.01. The molecule has 0 aromatic rings. The van der Waals surface area contributed by atoms with E-state index in [4.69, 9.17) is 0 Å². The highest BCUT2D eigenvalue weighted by Gasteiger charge is 1.80. The van der Waals surface area contributed by atoms with E-state index in [1.54, 1.807) is 0 Å². The largest absolute Gasteiger partial charge is 0.0888 e. The first-order valence-electron chi connectivity index (χ1n) is 4.55. The van der Waals surface area contributed by atoms with Crippen molar-refractivity contribution in [2.45, 2.75) is 46.5 Å². The normalized spacial score (nSPS) is 10.5. The summed E-state index contributed by atoms with van der Waals surface area (Å²) in [5.74, 6) is 0. The summed E-state index contributed by atoms with van der Waals surface area (Å²) < 4.78 is 0. The van der Waals surface area contributed by atoms with Crippen LogP contribution < -0.4 is 0 Å². The lowest BCUT2D eigenvalue weighted by Crippen LogP contribution is -1.70. The van der Waals surface area contributed by atoms with E-state index >= 15 is 0 Å². The Morgan fingerprint density at radius 1 is 1.09 bits per heavy atom. The van der Waals surface area contributed by atoms with E-state index < -0.39 is 0 Å². The smallest absolute Gasteiger partial charge is 0.0345 e. The Bertz CT molecular complexity index is 125. The third-order valence-electron chi connectivity index (χ3n) is 1.53. The summed E-state index contributed by atoms with van der Waals surface area (Å²) in [6.07, 6.45) is 11.7. The topological polar surface area (TPSA) is 0 Å². The van der Waals surface area contributed by atoms with Gasteiger partial charge in [-0.1, -0.05) is 30.7 Å². The number of hydrogen-bond acceptors (Lipinski definition) is 0. The van der Waals surface area contributed by atoms with E-state index in [-0.39, 0.29) is 0 Å². The van der Waals surface area contributed by atoms with Crippen LogP contribution in [0, 0.1) is 0 Å². The van der Waals surface area contributed by atoms with Gasteiger partial charge in [0.2, 0.25) is 0 Å². The lowest BCUT2D eigenvalue weighted by Gasteiger charge is -1.91. The summed E-state index contributed by atoms with van der Waals surface area (Å²) in [6.45, 7) is 6.48. The Labute approximate surface area is 71.0 Å². The Kier molecular flexibility index (Phi) is 7.23. The molecular formula is C11H20. The van der Waals surface area contributed by atoms with Crippen molar-refractivity contribution in [1.29, 1.82) is 0 Å². The summed E-state index contributed by atoms with van der Waals surface area (Å²) in [5, 5.41) is 0. The molecule has 0 N–H and O–H groups in total. The molecule has 0 atom stereocenters. The second-order valence-corrected chi connectivity index (χ2v) is 3.09. The van der Waals surface area contributed by atoms with Crippen LogP contribution in [0.1, 0.15) is 46.5 Å². The lowest BCUT2D eigenvalue weighted by atomic mass is 10.2. The average molecular weight is 152 g/mol. The van der Waals surface area contributed by atoms with Crippen molar-refractivity contribution >= 4 is 0 Å². The van der Waals surface area contributed by atoms with Crippen molar-refractivity contribution in [2.24, 2.45) is 0 Å². The van der Waals surface area contributed by atoms with E-state index in [1.807, 2.05) is 0 Å². The predicted molar refractivity (Wildman–Crippen MR) is 52.7 cm³/mol. The summed E-state index contributed by atoms with van der Waals surface area (Å²) in [6, 6.07) is 0. The predicted octanol–water partition coefficient (Wildman–Crippen LogP) is 4.09. The molecule has 0 amide bonds. The number of rotatable bonds is 5. The minimum atomic E-state index is 1.17. The molecule has 0 aliphatic heterocycles. The van der Waals surface area contributed by atoms with Crippen LogP contribution in [-0.4, -0.2) is 0 Å². The van der Waals surface area contributed by atoms with E-state index in [0.717, 1.165) is 0 Å². The third-order valence-corrected chi connectivity index (χ3v) is 1.53. The summed E-state index contributed by atoms with van der Waals surface area (Å²) in [4.78, 5) is 0. The van der Waals surface area contributed by atoms with Crippen LogP contribution in [0.4, 0.5) is 0 Å². The molecular weight excluding hydrogens is 132 g/mol. The molecule has 0 bridgehead atoms. The van der Waals surface area contributed by atoms with Crippen molar-refractivity contribution in [1.82, 2.24) is 0 Å². The van der Waals surface area contributed by atoms with Crippen LogP contribution in [0.3, 0.4) is 0 Å². The molecule has 0 fully saturated rings. The second kappa shape index (κ2) is 7.59. The van der Waals surface area contributed by atoms with Gasteiger partial charge in [-0.25, -0.2) is 0 Å². The molecule has 0 saturated carbocycles. The monoisotopic (exact) mass is 152 g/mol. The van der Waals surface area contributed by atoms with Crippen molar-refractivity contribution < 1.29 is 0 Å². The number of unbranched alkanes of at least 4 members (excludes halogenated alkanes) is 2. The highest BCUT2D eigenvalue weighted by molar-refractivity contribution is 4.93. The molecule has 0 heterocycles. The van der Waals surface area contributed by atoms with Crippen LogP contribution >= 0.6 is 0 Å². The molecule has 0 aliphatic rings. The van der Waals surface area contributed by atoms with Crippen molar-refractivity contribution in [3.63, 3.8) is 0 Å². The van der Waals surface area contributed by atoms with Crippen LogP contribution in [0.25, 0.3) is 0 Å². The molecule has 0 spiro atoms. The average Bonchev–Trinajstić information content (AvgIpc) is 1.96. The van der Waals surface area contributed by atoms with Gasteiger partial charge in [-0.2, -0.15) is 0 Å². The van der Waals surface area contributed by atoms with E-state index in [0.29, 0.717) is 0 Å². The first-order valence-corrected chi connectivity index (χ1v) is 4.55. The Morgan fingerprint density at radius 2 is 1.82 bits per heavy atom. The highest BCUT2D eigenvalue weighted by atomic mass is 13.9.